The highest BCUT2D eigenvalue weighted by molar-refractivity contribution is 7.89. The molecule has 2 aromatic rings. The molecule has 1 fully saturated rings. The number of halogens is 2. The smallest absolute Gasteiger partial charge is 0.305 e. The molecule has 31 heavy (non-hydrogen) atoms. The quantitative estimate of drug-likeness (QED) is 0.592. The molecule has 1 aliphatic rings. The van der Waals surface area contributed by atoms with Crippen LogP contribution in [0, 0.1) is 0 Å². The second-order valence-corrected chi connectivity index (χ2v) is 9.72. The van der Waals surface area contributed by atoms with Gasteiger partial charge in [0.1, 0.15) is 11.8 Å². The lowest BCUT2D eigenvalue weighted by molar-refractivity contribution is -0.138. The van der Waals surface area contributed by atoms with E-state index in [4.69, 9.17) is 27.9 Å². The molecule has 2 aromatic carbocycles. The van der Waals surface area contributed by atoms with Gasteiger partial charge in [0.2, 0.25) is 15.9 Å². The summed E-state index contributed by atoms with van der Waals surface area (Å²) < 4.78 is 32.1. The van der Waals surface area contributed by atoms with Gasteiger partial charge >= 0.3 is 5.97 Å². The van der Waals surface area contributed by atoms with E-state index >= 15 is 0 Å². The lowest BCUT2D eigenvalue weighted by Gasteiger charge is -2.39. The van der Waals surface area contributed by atoms with Crippen LogP contribution in [0.2, 0.25) is 10.0 Å². The molecule has 0 aliphatic carbocycles. The molecule has 0 saturated carbocycles. The molecule has 0 unspecified atom stereocenters. The number of rotatable bonds is 8. The van der Waals surface area contributed by atoms with Crippen LogP contribution in [0.5, 0.6) is 5.75 Å². The summed E-state index contributed by atoms with van der Waals surface area (Å²) in [7, 11) is -2.50. The maximum Gasteiger partial charge on any atom is 0.305 e. The van der Waals surface area contributed by atoms with Crippen molar-refractivity contribution in [3.63, 3.8) is 0 Å². The molecule has 166 valence electrons. The summed E-state index contributed by atoms with van der Waals surface area (Å²) in [4.78, 5) is 24.0. The number of carboxylic acid groups (broad SMARTS) is 1. The van der Waals surface area contributed by atoms with Gasteiger partial charge in [0.25, 0.3) is 0 Å². The molecular weight excluding hydrogens is 467 g/mol. The third-order valence-electron chi connectivity index (χ3n) is 4.93. The Kier molecular flexibility index (Phi) is 7.10. The summed E-state index contributed by atoms with van der Waals surface area (Å²) in [5.74, 6) is -1.10. The van der Waals surface area contributed by atoms with Crippen molar-refractivity contribution >= 4 is 45.1 Å². The van der Waals surface area contributed by atoms with E-state index in [-0.39, 0.29) is 27.9 Å². The Labute approximate surface area is 189 Å². The van der Waals surface area contributed by atoms with Crippen molar-refractivity contribution in [2.75, 3.05) is 13.7 Å². The lowest BCUT2D eigenvalue weighted by Crippen LogP contribution is -2.58. The van der Waals surface area contributed by atoms with Gasteiger partial charge in [-0.2, -0.15) is 4.31 Å². The van der Waals surface area contributed by atoms with Gasteiger partial charge in [-0.05, 0) is 42.3 Å². The number of hydrogen-bond donors (Lipinski definition) is 2. The van der Waals surface area contributed by atoms with Crippen molar-refractivity contribution in [1.29, 1.82) is 0 Å². The second-order valence-electron chi connectivity index (χ2n) is 6.96. The highest BCUT2D eigenvalue weighted by Gasteiger charge is 2.43. The van der Waals surface area contributed by atoms with Gasteiger partial charge in [-0.15, -0.1) is 0 Å². The highest BCUT2D eigenvalue weighted by Crippen LogP contribution is 2.31. The Hall–Kier alpha value is -2.33. The standard InChI is InChI=1S/C20H20Cl2N2O6S/c1-30-15-4-2-12(3-5-15)17(11-19(25)26)23-20(27)18-6-7-24(18)31(28,29)16-9-13(21)8-14(22)10-16/h2-5,8-10,17-18H,6-7,11H2,1H3,(H,23,27)(H,25,26)/t17-,18+/m1/s1. The number of benzene rings is 2. The van der Waals surface area contributed by atoms with Crippen LogP contribution in [0.25, 0.3) is 0 Å². The molecule has 1 amide bonds. The Balaban J connectivity index is 1.79. The van der Waals surface area contributed by atoms with Crippen LogP contribution >= 0.6 is 23.2 Å². The number of sulfonamides is 1. The van der Waals surface area contributed by atoms with Crippen molar-refractivity contribution in [1.82, 2.24) is 9.62 Å². The molecule has 8 nitrogen and oxygen atoms in total. The van der Waals surface area contributed by atoms with Crippen LogP contribution in [-0.4, -0.2) is 49.4 Å². The fraction of sp³-hybridized carbons (Fsp3) is 0.300. The zero-order chi connectivity index (χ0) is 22.8. The number of carbonyl (C=O) groups excluding carboxylic acids is 1. The maximum absolute atomic E-state index is 13.0. The Bertz CT molecular complexity index is 1070. The molecule has 1 heterocycles. The fourth-order valence-corrected chi connectivity index (χ4v) is 5.62. The Morgan fingerprint density at radius 3 is 2.29 bits per heavy atom. The molecule has 2 N–H and O–H groups in total. The molecule has 1 aliphatic heterocycles. The minimum Gasteiger partial charge on any atom is -0.497 e. The molecule has 3 rings (SSSR count). The third kappa shape index (κ3) is 5.30. The van der Waals surface area contributed by atoms with E-state index in [0.717, 1.165) is 4.31 Å². The van der Waals surface area contributed by atoms with Crippen molar-refractivity contribution in [3.05, 3.63) is 58.1 Å². The van der Waals surface area contributed by atoms with Gasteiger partial charge in [0, 0.05) is 16.6 Å². The Morgan fingerprint density at radius 2 is 1.81 bits per heavy atom. The average Bonchev–Trinajstić information content (AvgIpc) is 2.65. The minimum absolute atomic E-state index is 0.111. The topological polar surface area (TPSA) is 113 Å². The van der Waals surface area contributed by atoms with E-state index in [1.54, 1.807) is 24.3 Å². The molecule has 0 radical (unpaired) electrons. The number of carboxylic acids is 1. The molecule has 0 aromatic heterocycles. The lowest BCUT2D eigenvalue weighted by atomic mass is 10.0. The van der Waals surface area contributed by atoms with Crippen molar-refractivity contribution in [2.45, 2.75) is 29.8 Å². The first-order valence-electron chi connectivity index (χ1n) is 9.26. The first kappa shape index (κ1) is 23.3. The van der Waals surface area contributed by atoms with Crippen molar-refractivity contribution in [2.24, 2.45) is 0 Å². The molecular formula is C20H20Cl2N2O6S. The molecule has 0 bridgehead atoms. The number of nitrogens with zero attached hydrogens (tertiary/aromatic N) is 1. The number of aliphatic carboxylic acids is 1. The summed E-state index contributed by atoms with van der Waals surface area (Å²) in [6, 6.07) is 8.75. The zero-order valence-electron chi connectivity index (χ0n) is 16.4. The van der Waals surface area contributed by atoms with Gasteiger partial charge in [0.05, 0.1) is 24.5 Å². The highest BCUT2D eigenvalue weighted by atomic mass is 35.5. The first-order chi connectivity index (χ1) is 14.6. The molecule has 1 saturated heterocycles. The summed E-state index contributed by atoms with van der Waals surface area (Å²) in [5.41, 5.74) is 0.562. The molecule has 2 atom stereocenters. The van der Waals surface area contributed by atoms with Gasteiger partial charge in [-0.3, -0.25) is 9.59 Å². The normalized spacial score (nSPS) is 17.5. The summed E-state index contributed by atoms with van der Waals surface area (Å²) >= 11 is 11.8. The van der Waals surface area contributed by atoms with Gasteiger partial charge in [-0.25, -0.2) is 8.42 Å². The van der Waals surface area contributed by atoms with Gasteiger partial charge in [0.15, 0.2) is 0 Å². The van der Waals surface area contributed by atoms with E-state index in [1.807, 2.05) is 0 Å². The van der Waals surface area contributed by atoms with E-state index in [0.29, 0.717) is 17.7 Å². The summed E-state index contributed by atoms with van der Waals surface area (Å²) in [6.45, 7) is 0.149. The second kappa shape index (κ2) is 9.44. The van der Waals surface area contributed by atoms with Gasteiger partial charge < -0.3 is 15.2 Å². The predicted molar refractivity (Wildman–Crippen MR) is 115 cm³/mol. The van der Waals surface area contributed by atoms with Crippen LogP contribution in [-0.2, 0) is 19.6 Å². The fourth-order valence-electron chi connectivity index (χ4n) is 3.26. The third-order valence-corrected chi connectivity index (χ3v) is 7.25. The van der Waals surface area contributed by atoms with E-state index in [1.165, 1.54) is 25.3 Å². The van der Waals surface area contributed by atoms with Crippen LogP contribution < -0.4 is 10.1 Å². The zero-order valence-corrected chi connectivity index (χ0v) is 18.7. The monoisotopic (exact) mass is 486 g/mol. The van der Waals surface area contributed by atoms with E-state index in [9.17, 15) is 23.1 Å². The van der Waals surface area contributed by atoms with Crippen molar-refractivity contribution < 1.29 is 27.9 Å². The SMILES string of the molecule is COc1ccc([C@@H](CC(=O)O)NC(=O)[C@@H]2CCN2S(=O)(=O)c2cc(Cl)cc(Cl)c2)cc1. The predicted octanol–water partition coefficient (Wildman–Crippen LogP) is 3.10. The molecule has 11 heteroatoms. The van der Waals surface area contributed by atoms with Gasteiger partial charge in [-0.1, -0.05) is 35.3 Å². The largest absolute Gasteiger partial charge is 0.497 e. The minimum atomic E-state index is -4.00. The first-order valence-corrected chi connectivity index (χ1v) is 11.5. The number of nitrogens with one attached hydrogen (secondary N) is 1. The summed E-state index contributed by atoms with van der Waals surface area (Å²) in [5, 5.41) is 12.2. The van der Waals surface area contributed by atoms with Crippen LogP contribution in [0.3, 0.4) is 0 Å². The van der Waals surface area contributed by atoms with Crippen LogP contribution in [0.4, 0.5) is 0 Å². The van der Waals surface area contributed by atoms with E-state index in [2.05, 4.69) is 5.32 Å². The number of hydrogen-bond acceptors (Lipinski definition) is 5. The molecule has 0 spiro atoms. The maximum atomic E-state index is 13.0. The van der Waals surface area contributed by atoms with Crippen molar-refractivity contribution in [3.8, 4) is 5.75 Å². The van der Waals surface area contributed by atoms with Crippen LogP contribution in [0.1, 0.15) is 24.4 Å². The van der Waals surface area contributed by atoms with E-state index < -0.39 is 34.0 Å². The Morgan fingerprint density at radius 1 is 1.19 bits per heavy atom. The average molecular weight is 487 g/mol. The number of carbonyl (C=O) groups is 2. The number of ether oxygens (including phenoxy) is 1. The number of methoxy groups -OCH3 is 1. The summed E-state index contributed by atoms with van der Waals surface area (Å²) in [6.07, 6.45) is -0.0524. The van der Waals surface area contributed by atoms with Crippen LogP contribution in [0.15, 0.2) is 47.4 Å². The number of amides is 1.